The van der Waals surface area contributed by atoms with Crippen molar-refractivity contribution >= 4 is 16.4 Å². The lowest BCUT2D eigenvalue weighted by Gasteiger charge is -2.10. The summed E-state index contributed by atoms with van der Waals surface area (Å²) in [7, 11) is -4.82. The fraction of sp³-hybridized carbons (Fsp3) is 0.300. The van der Waals surface area contributed by atoms with E-state index in [1.54, 1.807) is 0 Å². The molecule has 0 radical (unpaired) electrons. The van der Waals surface area contributed by atoms with Crippen LogP contribution in [0.15, 0.2) is 24.3 Å². The van der Waals surface area contributed by atoms with Crippen LogP contribution < -0.4 is 0 Å². The number of halogens is 1. The molecular weight excluding hydrogens is 267 g/mol. The summed E-state index contributed by atoms with van der Waals surface area (Å²) in [6, 6.07) is 5.30. The number of aliphatic carboxylic acids is 1. The molecule has 2 N–H and O–H groups in total. The molecule has 1 unspecified atom stereocenters. The zero-order valence-corrected chi connectivity index (χ0v) is 9.93. The van der Waals surface area contributed by atoms with Gasteiger partial charge in [0.05, 0.1) is 0 Å². The zero-order chi connectivity index (χ0) is 13.8. The number of hydrogen-bond acceptors (Lipinski definition) is 4. The second-order valence-electron chi connectivity index (χ2n) is 3.52. The van der Waals surface area contributed by atoms with Gasteiger partial charge in [-0.25, -0.2) is 13.4 Å². The minimum Gasteiger partial charge on any atom is -0.479 e. The van der Waals surface area contributed by atoms with E-state index in [0.29, 0.717) is 5.56 Å². The highest BCUT2D eigenvalue weighted by Crippen LogP contribution is 2.10. The Morgan fingerprint density at radius 1 is 1.33 bits per heavy atom. The van der Waals surface area contributed by atoms with Crippen molar-refractivity contribution in [3.63, 3.8) is 0 Å². The maximum atomic E-state index is 12.6. The van der Waals surface area contributed by atoms with Crippen LogP contribution >= 0.6 is 0 Å². The van der Waals surface area contributed by atoms with Crippen molar-refractivity contribution in [2.24, 2.45) is 0 Å². The van der Waals surface area contributed by atoms with Gasteiger partial charge < -0.3 is 5.11 Å². The molecule has 0 heterocycles. The van der Waals surface area contributed by atoms with E-state index in [4.69, 9.17) is 9.66 Å². The highest BCUT2D eigenvalue weighted by molar-refractivity contribution is 7.80. The first-order chi connectivity index (χ1) is 8.28. The second kappa shape index (κ2) is 5.89. The third-order valence-corrected chi connectivity index (χ3v) is 2.60. The van der Waals surface area contributed by atoms with Crippen molar-refractivity contribution in [1.82, 2.24) is 0 Å². The fourth-order valence-corrected chi connectivity index (χ4v) is 1.78. The van der Waals surface area contributed by atoms with E-state index in [1.807, 2.05) is 0 Å². The Kier molecular flexibility index (Phi) is 4.76. The van der Waals surface area contributed by atoms with E-state index < -0.39 is 28.3 Å². The van der Waals surface area contributed by atoms with Gasteiger partial charge in [0.25, 0.3) is 0 Å². The average Bonchev–Trinajstić information content (AvgIpc) is 2.24. The largest absolute Gasteiger partial charge is 0.479 e. The summed E-state index contributed by atoms with van der Waals surface area (Å²) in [5.74, 6) is -1.93. The highest BCUT2D eigenvalue weighted by atomic mass is 32.3. The van der Waals surface area contributed by atoms with Crippen molar-refractivity contribution in [2.45, 2.75) is 18.9 Å². The van der Waals surface area contributed by atoms with E-state index in [0.717, 1.165) is 0 Å². The van der Waals surface area contributed by atoms with Crippen molar-refractivity contribution in [2.75, 3.05) is 0 Å². The zero-order valence-electron chi connectivity index (χ0n) is 9.11. The van der Waals surface area contributed by atoms with Crippen LogP contribution in [0.4, 0.5) is 4.39 Å². The van der Waals surface area contributed by atoms with Crippen LogP contribution in [-0.4, -0.2) is 30.2 Å². The van der Waals surface area contributed by atoms with E-state index >= 15 is 0 Å². The minimum atomic E-state index is -4.82. The van der Waals surface area contributed by atoms with Gasteiger partial charge in [0.1, 0.15) is 5.82 Å². The summed E-state index contributed by atoms with van der Waals surface area (Å²) < 4.78 is 45.9. The fourth-order valence-electron chi connectivity index (χ4n) is 1.31. The van der Waals surface area contributed by atoms with Crippen LogP contribution in [0.3, 0.4) is 0 Å². The van der Waals surface area contributed by atoms with Crippen LogP contribution in [0.1, 0.15) is 12.0 Å². The molecule has 0 amide bonds. The molecule has 0 spiro atoms. The van der Waals surface area contributed by atoms with Crippen LogP contribution in [0.2, 0.25) is 0 Å². The Hall–Kier alpha value is -1.51. The Labute approximate surface area is 103 Å². The van der Waals surface area contributed by atoms with Gasteiger partial charge in [-0.15, -0.1) is 0 Å². The molecule has 0 saturated heterocycles. The smallest absolute Gasteiger partial charge is 0.398 e. The summed E-state index contributed by atoms with van der Waals surface area (Å²) in [4.78, 5) is 10.7. The quantitative estimate of drug-likeness (QED) is 0.754. The van der Waals surface area contributed by atoms with Gasteiger partial charge in [-0.2, -0.15) is 8.42 Å². The molecule has 1 aromatic carbocycles. The number of carboxylic acid groups (broad SMARTS) is 1. The van der Waals surface area contributed by atoms with Gasteiger partial charge in [0, 0.05) is 0 Å². The number of hydrogen-bond donors (Lipinski definition) is 2. The van der Waals surface area contributed by atoms with Gasteiger partial charge in [-0.05, 0) is 30.5 Å². The van der Waals surface area contributed by atoms with Crippen molar-refractivity contribution in [1.29, 1.82) is 0 Å². The first kappa shape index (κ1) is 14.6. The first-order valence-corrected chi connectivity index (χ1v) is 6.27. The Morgan fingerprint density at radius 2 is 1.89 bits per heavy atom. The summed E-state index contributed by atoms with van der Waals surface area (Å²) in [5.41, 5.74) is 0.626. The van der Waals surface area contributed by atoms with E-state index in [-0.39, 0.29) is 12.8 Å². The third kappa shape index (κ3) is 5.21. The SMILES string of the molecule is O=C(O)C(CCc1ccc(F)cc1)OS(=O)(=O)O. The van der Waals surface area contributed by atoms with Crippen LogP contribution in [0.5, 0.6) is 0 Å². The molecule has 6 nitrogen and oxygen atoms in total. The van der Waals surface area contributed by atoms with Gasteiger partial charge >= 0.3 is 16.4 Å². The molecule has 18 heavy (non-hydrogen) atoms. The lowest BCUT2D eigenvalue weighted by molar-refractivity contribution is -0.145. The molecule has 0 saturated carbocycles. The Balaban J connectivity index is 2.63. The topological polar surface area (TPSA) is 101 Å². The lowest BCUT2D eigenvalue weighted by Crippen LogP contribution is -2.27. The Bertz CT molecular complexity index is 510. The van der Waals surface area contributed by atoms with E-state index in [9.17, 15) is 17.6 Å². The molecule has 8 heteroatoms. The van der Waals surface area contributed by atoms with Crippen LogP contribution in [0, 0.1) is 5.82 Å². The molecule has 1 rings (SSSR count). The van der Waals surface area contributed by atoms with Gasteiger partial charge in [-0.1, -0.05) is 12.1 Å². The normalized spacial score (nSPS) is 13.2. The van der Waals surface area contributed by atoms with E-state index in [2.05, 4.69) is 4.18 Å². The molecule has 0 fully saturated rings. The summed E-state index contributed by atoms with van der Waals surface area (Å²) in [6.45, 7) is 0. The predicted molar refractivity (Wildman–Crippen MR) is 58.8 cm³/mol. The third-order valence-electron chi connectivity index (χ3n) is 2.12. The molecule has 1 atom stereocenters. The molecule has 0 aliphatic carbocycles. The van der Waals surface area contributed by atoms with Gasteiger partial charge in [0.15, 0.2) is 6.10 Å². The first-order valence-electron chi connectivity index (χ1n) is 4.91. The van der Waals surface area contributed by atoms with Crippen molar-refractivity contribution in [3.8, 4) is 0 Å². The summed E-state index contributed by atoms with van der Waals surface area (Å²) in [6.07, 6.45) is -1.67. The molecule has 0 bridgehead atoms. The van der Waals surface area contributed by atoms with Crippen molar-refractivity contribution < 1.29 is 31.4 Å². The van der Waals surface area contributed by atoms with Gasteiger partial charge in [-0.3, -0.25) is 4.55 Å². The number of benzene rings is 1. The minimum absolute atomic E-state index is 0.166. The monoisotopic (exact) mass is 278 g/mol. The average molecular weight is 278 g/mol. The number of aryl methyl sites for hydroxylation is 1. The summed E-state index contributed by atoms with van der Waals surface area (Å²) >= 11 is 0. The van der Waals surface area contributed by atoms with E-state index in [1.165, 1.54) is 24.3 Å². The lowest BCUT2D eigenvalue weighted by atomic mass is 10.1. The standard InChI is InChI=1S/C10H11FO6S/c11-8-4-1-7(2-5-8)3-6-9(10(12)13)17-18(14,15)16/h1-2,4-5,9H,3,6H2,(H,12,13)(H,14,15,16). The molecule has 100 valence electrons. The maximum absolute atomic E-state index is 12.6. The molecule has 1 aromatic rings. The number of carboxylic acids is 1. The van der Waals surface area contributed by atoms with Crippen LogP contribution in [0.25, 0.3) is 0 Å². The molecular formula is C10H11FO6S. The van der Waals surface area contributed by atoms with Crippen molar-refractivity contribution in [3.05, 3.63) is 35.6 Å². The summed E-state index contributed by atoms with van der Waals surface area (Å²) in [5, 5.41) is 8.70. The molecule has 0 aliphatic heterocycles. The molecule has 0 aliphatic rings. The van der Waals surface area contributed by atoms with Crippen LogP contribution in [-0.2, 0) is 25.8 Å². The number of rotatable bonds is 6. The van der Waals surface area contributed by atoms with Gasteiger partial charge in [0.2, 0.25) is 0 Å². The second-order valence-corrected chi connectivity index (χ2v) is 4.56. The predicted octanol–water partition coefficient (Wildman–Crippen LogP) is 1.03. The maximum Gasteiger partial charge on any atom is 0.398 e. The Morgan fingerprint density at radius 3 is 2.33 bits per heavy atom. The highest BCUT2D eigenvalue weighted by Gasteiger charge is 2.24. The number of carbonyl (C=O) groups is 1. The molecule has 0 aromatic heterocycles.